The molecule has 1 nitrogen and oxygen atoms in total. The molecule has 6 heteroatoms. The zero-order chi connectivity index (χ0) is 24.8. The highest BCUT2D eigenvalue weighted by Crippen LogP contribution is 2.15. The highest BCUT2D eigenvalue weighted by Gasteiger charge is 2.20. The molecule has 0 saturated heterocycles. The summed E-state index contributed by atoms with van der Waals surface area (Å²) in [6.45, 7) is 4.75. The monoisotopic (exact) mass is 476 g/mol. The summed E-state index contributed by atoms with van der Waals surface area (Å²) in [4.78, 5) is 0. The third-order valence-electron chi connectivity index (χ3n) is 6.07. The first-order chi connectivity index (χ1) is 15.6. The molecular formula is C27H51BF4N+. The van der Waals surface area contributed by atoms with Crippen molar-refractivity contribution in [3.05, 3.63) is 35.9 Å². The quantitative estimate of drug-likeness (QED) is 0.0806. The van der Waals surface area contributed by atoms with Gasteiger partial charge in [-0.15, -0.1) is 0 Å². The number of hydrogen-bond donors (Lipinski definition) is 0. The van der Waals surface area contributed by atoms with Gasteiger partial charge in [-0.25, -0.2) is 0 Å². The number of halogens is 4. The lowest BCUT2D eigenvalue weighted by molar-refractivity contribution is -0.903. The first kappa shape index (κ1) is 32.0. The van der Waals surface area contributed by atoms with Crippen molar-refractivity contribution >= 4 is 7.25 Å². The molecule has 1 rings (SSSR count). The highest BCUT2D eigenvalue weighted by molar-refractivity contribution is 6.50. The van der Waals surface area contributed by atoms with Gasteiger partial charge in [0, 0.05) is 5.56 Å². The number of quaternary nitrogens is 1. The van der Waals surface area contributed by atoms with Crippen LogP contribution in [-0.2, 0) is 6.54 Å². The minimum absolute atomic E-state index is 0. The van der Waals surface area contributed by atoms with E-state index in [0.29, 0.717) is 0 Å². The Kier molecular flexibility index (Phi) is 19.7. The van der Waals surface area contributed by atoms with Crippen molar-refractivity contribution in [1.82, 2.24) is 0 Å². The van der Waals surface area contributed by atoms with Gasteiger partial charge in [-0.2, -0.15) is 0 Å². The fourth-order valence-corrected chi connectivity index (χ4v) is 4.24. The van der Waals surface area contributed by atoms with E-state index in [4.69, 9.17) is 0 Å². The number of unbranched alkanes of at least 4 members (excludes halogenated alkanes) is 15. The van der Waals surface area contributed by atoms with Gasteiger partial charge in [0.25, 0.3) is 0 Å². The summed E-state index contributed by atoms with van der Waals surface area (Å²) in [5.41, 5.74) is 1.46. The van der Waals surface area contributed by atoms with Crippen LogP contribution < -0.4 is 0 Å². The number of benzene rings is 1. The van der Waals surface area contributed by atoms with Gasteiger partial charge in [-0.05, 0) is 12.8 Å². The van der Waals surface area contributed by atoms with E-state index < -0.39 is 7.25 Å². The summed E-state index contributed by atoms with van der Waals surface area (Å²) in [6.07, 6.45) is 23.2. The zero-order valence-corrected chi connectivity index (χ0v) is 21.7. The third kappa shape index (κ3) is 27.1. The van der Waals surface area contributed by atoms with Gasteiger partial charge in [0.1, 0.15) is 6.54 Å². The molecule has 0 bridgehead atoms. The highest BCUT2D eigenvalue weighted by atomic mass is 19.5. The van der Waals surface area contributed by atoms with Crippen molar-refractivity contribution in [1.29, 1.82) is 0 Å². The maximum absolute atomic E-state index is 9.75. The molecule has 0 amide bonds. The van der Waals surface area contributed by atoms with Crippen molar-refractivity contribution in [2.24, 2.45) is 0 Å². The molecule has 0 unspecified atom stereocenters. The van der Waals surface area contributed by atoms with Gasteiger partial charge < -0.3 is 21.7 Å². The minimum Gasteiger partial charge on any atom is -0.418 e. The van der Waals surface area contributed by atoms with Crippen LogP contribution in [0.3, 0.4) is 0 Å². The van der Waals surface area contributed by atoms with Crippen LogP contribution in [0.1, 0.15) is 117 Å². The number of hydrogen-bond acceptors (Lipinski definition) is 0. The van der Waals surface area contributed by atoms with Crippen LogP contribution in [-0.4, -0.2) is 32.4 Å². The van der Waals surface area contributed by atoms with Gasteiger partial charge in [-0.1, -0.05) is 127 Å². The molecule has 1 aromatic carbocycles. The molecule has 0 heterocycles. The van der Waals surface area contributed by atoms with Gasteiger partial charge in [0.05, 0.1) is 20.6 Å². The van der Waals surface area contributed by atoms with E-state index in [2.05, 4.69) is 51.4 Å². The van der Waals surface area contributed by atoms with Crippen LogP contribution in [0.2, 0.25) is 0 Å². The first-order valence-electron chi connectivity index (χ1n) is 13.4. The van der Waals surface area contributed by atoms with E-state index in [-0.39, 0.29) is 1.43 Å². The molecule has 0 N–H and O–H groups in total. The molecule has 0 spiro atoms. The van der Waals surface area contributed by atoms with Crippen LogP contribution in [0, 0.1) is 0 Å². The fraction of sp³-hybridized carbons (Fsp3) is 0.778. The van der Waals surface area contributed by atoms with Gasteiger partial charge >= 0.3 is 8.68 Å². The molecule has 0 aliphatic rings. The van der Waals surface area contributed by atoms with E-state index >= 15 is 0 Å². The maximum atomic E-state index is 9.75. The van der Waals surface area contributed by atoms with Crippen LogP contribution in [0.15, 0.2) is 30.3 Å². The Morgan fingerprint density at radius 2 is 0.939 bits per heavy atom. The summed E-state index contributed by atoms with van der Waals surface area (Å²) in [6, 6.07) is 10.9. The summed E-state index contributed by atoms with van der Waals surface area (Å²) >= 11 is 0. The second-order valence-corrected chi connectivity index (χ2v) is 10.1. The normalized spacial score (nSPS) is 11.8. The Hall–Kier alpha value is -1.04. The SMILES string of the molecule is CCCCCCCCCCCCCCCCCC[N+](C)(C)Cc1ccccc1.F[B-](F)(F)F.[H+]. The fourth-order valence-electron chi connectivity index (χ4n) is 4.24. The van der Waals surface area contributed by atoms with Gasteiger partial charge in [-0.3, -0.25) is 0 Å². The lowest BCUT2D eigenvalue weighted by Crippen LogP contribution is -2.39. The lowest BCUT2D eigenvalue weighted by Gasteiger charge is -2.30. The molecule has 0 fully saturated rings. The largest absolute Gasteiger partial charge is 1.00 e. The lowest BCUT2D eigenvalue weighted by atomic mass is 10.0. The van der Waals surface area contributed by atoms with Crippen molar-refractivity contribution in [2.75, 3.05) is 20.6 Å². The molecule has 194 valence electrons. The molecule has 0 aromatic heterocycles. The Morgan fingerprint density at radius 3 is 1.30 bits per heavy atom. The Bertz CT molecular complexity index is 535. The molecule has 0 saturated carbocycles. The average molecular weight is 477 g/mol. The summed E-state index contributed by atoms with van der Waals surface area (Å²) in [7, 11) is -1.25. The zero-order valence-electron chi connectivity index (χ0n) is 22.7. The van der Waals surface area contributed by atoms with Gasteiger partial charge in [0.15, 0.2) is 0 Å². The van der Waals surface area contributed by atoms with Crippen LogP contribution in [0.4, 0.5) is 17.3 Å². The topological polar surface area (TPSA) is 0 Å². The average Bonchev–Trinajstić information content (AvgIpc) is 2.72. The van der Waals surface area contributed by atoms with Gasteiger partial charge in [0.2, 0.25) is 0 Å². The molecule has 0 aliphatic carbocycles. The predicted octanol–water partition coefficient (Wildman–Crippen LogP) is 9.94. The molecule has 1 aromatic rings. The van der Waals surface area contributed by atoms with E-state index in [0.717, 1.165) is 11.0 Å². The Morgan fingerprint density at radius 1 is 0.606 bits per heavy atom. The van der Waals surface area contributed by atoms with Crippen molar-refractivity contribution < 1.29 is 23.2 Å². The second kappa shape index (κ2) is 20.3. The summed E-state index contributed by atoms with van der Waals surface area (Å²) < 4.78 is 40.1. The molecular weight excluding hydrogens is 425 g/mol. The second-order valence-electron chi connectivity index (χ2n) is 10.1. The Labute approximate surface area is 203 Å². The van der Waals surface area contributed by atoms with E-state index in [9.17, 15) is 17.3 Å². The van der Waals surface area contributed by atoms with Crippen LogP contribution in [0.25, 0.3) is 0 Å². The molecule has 33 heavy (non-hydrogen) atoms. The third-order valence-corrected chi connectivity index (χ3v) is 6.07. The minimum atomic E-state index is -6.00. The number of nitrogens with zero attached hydrogens (tertiary/aromatic N) is 1. The van der Waals surface area contributed by atoms with E-state index in [1.54, 1.807) is 0 Å². The van der Waals surface area contributed by atoms with E-state index in [1.165, 1.54) is 115 Å². The smallest absolute Gasteiger partial charge is 0.418 e. The summed E-state index contributed by atoms with van der Waals surface area (Å²) in [5, 5.41) is 0. The molecule has 0 radical (unpaired) electrons. The molecule has 0 atom stereocenters. The van der Waals surface area contributed by atoms with E-state index in [1.807, 2.05) is 0 Å². The maximum Gasteiger partial charge on any atom is 1.00 e. The van der Waals surface area contributed by atoms with Crippen LogP contribution in [0.5, 0.6) is 0 Å². The van der Waals surface area contributed by atoms with Crippen molar-refractivity contribution in [3.63, 3.8) is 0 Å². The molecule has 0 aliphatic heterocycles. The predicted molar refractivity (Wildman–Crippen MR) is 138 cm³/mol. The standard InChI is InChI=1S/C27H50N.BF4/c1-4-5-6-7-8-9-10-11-12-13-14-15-16-17-18-22-25-28(2,3)26-27-23-20-19-21-24-27;2-1(3,4)5/h19-21,23-24H,4-18,22,25-26H2,1-3H3;/q+1;-1/p+1. The summed E-state index contributed by atoms with van der Waals surface area (Å²) in [5.74, 6) is 0. The number of rotatable bonds is 19. The van der Waals surface area contributed by atoms with Crippen molar-refractivity contribution in [2.45, 2.75) is 116 Å². The van der Waals surface area contributed by atoms with Crippen molar-refractivity contribution in [3.8, 4) is 0 Å². The van der Waals surface area contributed by atoms with Crippen LogP contribution >= 0.6 is 0 Å². The Balaban J connectivity index is 0. The first-order valence-corrected chi connectivity index (χ1v) is 13.4.